The molecule has 5 aliphatic carbocycles. The van der Waals surface area contributed by atoms with Crippen LogP contribution in [0.4, 0.5) is 0 Å². The van der Waals surface area contributed by atoms with Crippen LogP contribution in [0.2, 0.25) is 0 Å². The molecule has 22 heavy (non-hydrogen) atoms. The maximum absolute atomic E-state index is 2.54. The van der Waals surface area contributed by atoms with Crippen LogP contribution in [0.5, 0.6) is 0 Å². The maximum Gasteiger partial charge on any atom is 0.00955 e. The summed E-state index contributed by atoms with van der Waals surface area (Å²) in [5, 5.41) is 0. The third-order valence-corrected chi connectivity index (χ3v) is 7.63. The second-order valence-electron chi connectivity index (χ2n) is 8.25. The third-order valence-electron chi connectivity index (χ3n) is 7.63. The fourth-order valence-electron chi connectivity index (χ4n) is 6.90. The minimum absolute atomic E-state index is 0.431. The lowest BCUT2D eigenvalue weighted by Crippen LogP contribution is -2.30. The molecule has 0 heterocycles. The Balaban J connectivity index is 1.52. The quantitative estimate of drug-likeness (QED) is 0.589. The van der Waals surface area contributed by atoms with Crippen molar-refractivity contribution in [2.24, 2.45) is 29.6 Å². The Labute approximate surface area is 132 Å². The zero-order valence-corrected chi connectivity index (χ0v) is 12.9. The highest BCUT2D eigenvalue weighted by molar-refractivity contribution is 5.51. The second kappa shape index (κ2) is 3.85. The van der Waals surface area contributed by atoms with Gasteiger partial charge in [0.05, 0.1) is 0 Å². The molecule has 0 saturated heterocycles. The van der Waals surface area contributed by atoms with Crippen molar-refractivity contribution in [1.82, 2.24) is 0 Å². The molecule has 1 aromatic rings. The first-order valence-corrected chi connectivity index (χ1v) is 8.99. The van der Waals surface area contributed by atoms with E-state index >= 15 is 0 Å². The van der Waals surface area contributed by atoms with Gasteiger partial charge in [0, 0.05) is 11.3 Å². The number of benzene rings is 1. The second-order valence-corrected chi connectivity index (χ2v) is 8.25. The molecule has 6 unspecified atom stereocenters. The van der Waals surface area contributed by atoms with E-state index in [1.54, 1.807) is 11.1 Å². The molecule has 0 N–H and O–H groups in total. The highest BCUT2D eigenvalue weighted by Crippen LogP contribution is 2.68. The fourth-order valence-corrected chi connectivity index (χ4v) is 6.90. The van der Waals surface area contributed by atoms with E-state index in [0.29, 0.717) is 17.3 Å². The Kier molecular flexibility index (Phi) is 2.09. The zero-order valence-electron chi connectivity index (χ0n) is 12.9. The monoisotopic (exact) mass is 286 g/mol. The molecule has 1 spiro atoms. The first kappa shape index (κ1) is 11.9. The van der Waals surface area contributed by atoms with E-state index in [9.17, 15) is 0 Å². The van der Waals surface area contributed by atoms with Gasteiger partial charge in [-0.3, -0.25) is 0 Å². The molecule has 0 heteroatoms. The van der Waals surface area contributed by atoms with E-state index in [0.717, 1.165) is 23.7 Å². The molecular weight excluding hydrogens is 264 g/mol. The van der Waals surface area contributed by atoms with Crippen LogP contribution in [0.15, 0.2) is 60.7 Å². The van der Waals surface area contributed by atoms with Gasteiger partial charge in [-0.05, 0) is 60.0 Å². The van der Waals surface area contributed by atoms with Crippen LogP contribution >= 0.6 is 0 Å². The van der Waals surface area contributed by atoms with Crippen LogP contribution in [0, 0.1) is 29.6 Å². The first-order valence-electron chi connectivity index (χ1n) is 8.99. The minimum atomic E-state index is 0.431. The lowest BCUT2D eigenvalue weighted by atomic mass is 9.68. The van der Waals surface area contributed by atoms with Crippen LogP contribution in [0.25, 0.3) is 0 Å². The molecule has 2 bridgehead atoms. The molecule has 5 aliphatic rings. The van der Waals surface area contributed by atoms with Gasteiger partial charge in [-0.2, -0.15) is 0 Å². The summed E-state index contributed by atoms with van der Waals surface area (Å²) in [6.07, 6.45) is 18.9. The van der Waals surface area contributed by atoms with Crippen LogP contribution < -0.4 is 0 Å². The smallest absolute Gasteiger partial charge is 0.00955 e. The van der Waals surface area contributed by atoms with Gasteiger partial charge in [0.2, 0.25) is 0 Å². The van der Waals surface area contributed by atoms with Crippen LogP contribution in [0.3, 0.4) is 0 Å². The number of rotatable bonds is 0. The zero-order chi connectivity index (χ0) is 14.3. The average molecular weight is 286 g/mol. The summed E-state index contributed by atoms with van der Waals surface area (Å²) < 4.78 is 0. The maximum atomic E-state index is 2.54. The molecular formula is C22H22. The summed E-state index contributed by atoms with van der Waals surface area (Å²) in [6, 6.07) is 9.35. The molecule has 2 saturated carbocycles. The third kappa shape index (κ3) is 1.23. The molecule has 6 atom stereocenters. The molecule has 0 amide bonds. The molecule has 2 fully saturated rings. The Morgan fingerprint density at radius 1 is 0.818 bits per heavy atom. The number of hydrogen-bond donors (Lipinski definition) is 0. The number of allylic oxidation sites excluding steroid dienone is 6. The molecule has 0 nitrogen and oxygen atoms in total. The van der Waals surface area contributed by atoms with Crippen molar-refractivity contribution >= 4 is 0 Å². The molecule has 0 aliphatic heterocycles. The Bertz CT molecular complexity index is 714. The standard InChI is InChI=1S/C22H22/c1-3-7-20-16(5-1)17-6-2-4-8-21(17)22(20)12-18-14-9-10-15(11-14)19(18)13-22/h1-10,14-16,18-20H,11-13H2. The van der Waals surface area contributed by atoms with Gasteiger partial charge >= 0.3 is 0 Å². The van der Waals surface area contributed by atoms with Crippen molar-refractivity contribution in [2.75, 3.05) is 0 Å². The SMILES string of the molecule is C1=CC2c3ccccc3C3(CC4C5C=CC(C5)C4C3)C2C=C1. The Morgan fingerprint density at radius 3 is 2.36 bits per heavy atom. The van der Waals surface area contributed by atoms with Crippen LogP contribution in [-0.2, 0) is 5.41 Å². The van der Waals surface area contributed by atoms with Gasteiger partial charge in [0.15, 0.2) is 0 Å². The fraction of sp³-hybridized carbons (Fsp3) is 0.455. The van der Waals surface area contributed by atoms with Gasteiger partial charge < -0.3 is 0 Å². The van der Waals surface area contributed by atoms with Crippen molar-refractivity contribution in [3.05, 3.63) is 71.8 Å². The number of fused-ring (bicyclic) bond motifs is 10. The normalized spacial score (nSPS) is 48.9. The van der Waals surface area contributed by atoms with Crippen molar-refractivity contribution in [2.45, 2.75) is 30.6 Å². The summed E-state index contributed by atoms with van der Waals surface area (Å²) in [5.74, 6) is 5.04. The van der Waals surface area contributed by atoms with Crippen LogP contribution in [-0.4, -0.2) is 0 Å². The van der Waals surface area contributed by atoms with Crippen molar-refractivity contribution in [1.29, 1.82) is 0 Å². The lowest BCUT2D eigenvalue weighted by molar-refractivity contribution is 0.300. The lowest BCUT2D eigenvalue weighted by Gasteiger charge is -2.35. The van der Waals surface area contributed by atoms with E-state index in [1.807, 2.05) is 0 Å². The minimum Gasteiger partial charge on any atom is -0.0848 e. The summed E-state index contributed by atoms with van der Waals surface area (Å²) in [6.45, 7) is 0. The van der Waals surface area contributed by atoms with Gasteiger partial charge in [0.1, 0.15) is 0 Å². The molecule has 0 aromatic heterocycles. The molecule has 0 radical (unpaired) electrons. The summed E-state index contributed by atoms with van der Waals surface area (Å²) in [7, 11) is 0. The van der Waals surface area contributed by atoms with E-state index in [-0.39, 0.29) is 0 Å². The van der Waals surface area contributed by atoms with Crippen LogP contribution in [0.1, 0.15) is 36.3 Å². The predicted molar refractivity (Wildman–Crippen MR) is 89.6 cm³/mol. The van der Waals surface area contributed by atoms with E-state index in [4.69, 9.17) is 0 Å². The van der Waals surface area contributed by atoms with Crippen molar-refractivity contribution in [3.8, 4) is 0 Å². The van der Waals surface area contributed by atoms with Crippen molar-refractivity contribution < 1.29 is 0 Å². The topological polar surface area (TPSA) is 0 Å². The van der Waals surface area contributed by atoms with E-state index < -0.39 is 0 Å². The van der Waals surface area contributed by atoms with E-state index in [1.165, 1.54) is 19.3 Å². The summed E-state index contributed by atoms with van der Waals surface area (Å²) >= 11 is 0. The van der Waals surface area contributed by atoms with Crippen molar-refractivity contribution in [3.63, 3.8) is 0 Å². The molecule has 110 valence electrons. The predicted octanol–water partition coefficient (Wildman–Crippen LogP) is 5.00. The summed E-state index contributed by atoms with van der Waals surface area (Å²) in [4.78, 5) is 0. The van der Waals surface area contributed by atoms with E-state index in [2.05, 4.69) is 60.7 Å². The van der Waals surface area contributed by atoms with Gasteiger partial charge in [-0.15, -0.1) is 0 Å². The van der Waals surface area contributed by atoms with Gasteiger partial charge in [0.25, 0.3) is 0 Å². The van der Waals surface area contributed by atoms with Gasteiger partial charge in [-0.25, -0.2) is 0 Å². The largest absolute Gasteiger partial charge is 0.0848 e. The molecule has 1 aromatic carbocycles. The molecule has 6 rings (SSSR count). The highest BCUT2D eigenvalue weighted by Gasteiger charge is 2.61. The Morgan fingerprint density at radius 2 is 1.55 bits per heavy atom. The highest BCUT2D eigenvalue weighted by atomic mass is 14.6. The summed E-state index contributed by atoms with van der Waals surface area (Å²) in [5.41, 5.74) is 3.74. The Hall–Kier alpha value is -1.56. The number of hydrogen-bond acceptors (Lipinski definition) is 0. The van der Waals surface area contributed by atoms with Gasteiger partial charge in [-0.1, -0.05) is 60.7 Å². The first-order chi connectivity index (χ1) is 10.9. The average Bonchev–Trinajstić information content (AvgIpc) is 3.30.